The molecule has 0 unspecified atom stereocenters. The van der Waals surface area contributed by atoms with E-state index in [0.29, 0.717) is 5.65 Å². The zero-order valence-electron chi connectivity index (χ0n) is 8.69. The van der Waals surface area contributed by atoms with Crippen LogP contribution in [-0.4, -0.2) is 14.5 Å². The molecule has 0 N–H and O–H groups in total. The van der Waals surface area contributed by atoms with E-state index in [1.165, 1.54) is 4.88 Å². The van der Waals surface area contributed by atoms with Crippen LogP contribution in [0.25, 0.3) is 21.7 Å². The van der Waals surface area contributed by atoms with Crippen molar-refractivity contribution in [2.75, 3.05) is 0 Å². The summed E-state index contributed by atoms with van der Waals surface area (Å²) in [4.78, 5) is 9.68. The van der Waals surface area contributed by atoms with Crippen LogP contribution in [0.2, 0.25) is 0 Å². The maximum atomic E-state index is 4.36. The van der Waals surface area contributed by atoms with E-state index in [2.05, 4.69) is 26.5 Å². The fraction of sp³-hybridized carbons (Fsp3) is 0. The van der Waals surface area contributed by atoms with Crippen LogP contribution in [0.1, 0.15) is 0 Å². The lowest BCUT2D eigenvalue weighted by Crippen LogP contribution is -2.28. The predicted octanol–water partition coefficient (Wildman–Crippen LogP) is 1.15. The van der Waals surface area contributed by atoms with Crippen LogP contribution in [0.15, 0.2) is 42.3 Å². The Morgan fingerprint density at radius 1 is 1.29 bits per heavy atom. The Hall–Kier alpha value is -2.21. The molecule has 0 saturated carbocycles. The number of fused-ring (bicyclic) bond motifs is 3. The van der Waals surface area contributed by atoms with Crippen molar-refractivity contribution in [3.05, 3.63) is 42.3 Å². The van der Waals surface area contributed by atoms with Gasteiger partial charge in [0, 0.05) is 17.3 Å². The fourth-order valence-corrected chi connectivity index (χ4v) is 2.57. The Kier molecular flexibility index (Phi) is 1.64. The van der Waals surface area contributed by atoms with Gasteiger partial charge in [0.05, 0.1) is 5.56 Å². The highest BCUT2D eigenvalue weighted by Crippen LogP contribution is 2.23. The standard InChI is InChI=1S/C11H7N5S/c1-2-9(17-5-1)8-6-15-11-10(12-3-4-13-11)14-16(15)7-8/h1-7H. The molecule has 17 heavy (non-hydrogen) atoms. The molecular weight excluding hydrogens is 234 g/mol. The quantitative estimate of drug-likeness (QED) is 0.470. The lowest BCUT2D eigenvalue weighted by molar-refractivity contribution is -0.674. The average Bonchev–Trinajstić information content (AvgIpc) is 3.03. The summed E-state index contributed by atoms with van der Waals surface area (Å²) in [5, 5.41) is 6.42. The largest absolute Gasteiger partial charge is 0.361 e. The van der Waals surface area contributed by atoms with Gasteiger partial charge in [0.15, 0.2) is 5.65 Å². The second-order valence-electron chi connectivity index (χ2n) is 3.66. The van der Waals surface area contributed by atoms with Crippen LogP contribution < -0.4 is 9.73 Å². The third-order valence-corrected chi connectivity index (χ3v) is 3.54. The Bertz CT molecular complexity index is 796. The van der Waals surface area contributed by atoms with E-state index >= 15 is 0 Å². The van der Waals surface area contributed by atoms with Gasteiger partial charge in [-0.05, 0) is 17.6 Å². The minimum absolute atomic E-state index is 0.658. The van der Waals surface area contributed by atoms with Crippen molar-refractivity contribution in [1.29, 1.82) is 0 Å². The van der Waals surface area contributed by atoms with Gasteiger partial charge in [-0.1, -0.05) is 10.7 Å². The summed E-state index contributed by atoms with van der Waals surface area (Å²) in [7, 11) is 0. The lowest BCUT2D eigenvalue weighted by atomic mass is 10.3. The molecule has 0 saturated heterocycles. The van der Waals surface area contributed by atoms with Gasteiger partial charge in [0.25, 0.3) is 0 Å². The SMILES string of the molecule is c1csc(-c2cn3c4nccnc4[n-][n+]3c2)c1. The van der Waals surface area contributed by atoms with Crippen molar-refractivity contribution in [2.24, 2.45) is 0 Å². The van der Waals surface area contributed by atoms with Crippen LogP contribution >= 0.6 is 11.3 Å². The molecule has 0 aromatic carbocycles. The van der Waals surface area contributed by atoms with E-state index in [-0.39, 0.29) is 0 Å². The zero-order chi connectivity index (χ0) is 11.2. The minimum atomic E-state index is 0.658. The number of thiophene rings is 1. The molecule has 0 radical (unpaired) electrons. The normalized spacial score (nSPS) is 11.5. The third-order valence-electron chi connectivity index (χ3n) is 2.62. The highest BCUT2D eigenvalue weighted by Gasteiger charge is 2.11. The van der Waals surface area contributed by atoms with Crippen LogP contribution in [0.4, 0.5) is 0 Å². The van der Waals surface area contributed by atoms with E-state index in [4.69, 9.17) is 0 Å². The summed E-state index contributed by atoms with van der Waals surface area (Å²) < 4.78 is 3.66. The molecule has 82 valence electrons. The number of aromatic nitrogens is 5. The van der Waals surface area contributed by atoms with Crippen molar-refractivity contribution in [3.63, 3.8) is 0 Å². The van der Waals surface area contributed by atoms with Gasteiger partial charge in [-0.2, -0.15) is 4.52 Å². The molecule has 0 bridgehead atoms. The molecule has 5 nitrogen and oxygen atoms in total. The van der Waals surface area contributed by atoms with Crippen molar-refractivity contribution in [2.45, 2.75) is 0 Å². The maximum Gasteiger partial charge on any atom is 0.212 e. The third kappa shape index (κ3) is 1.21. The molecule has 0 fully saturated rings. The molecule has 0 aliphatic rings. The molecule has 4 aromatic heterocycles. The molecule has 0 spiro atoms. The van der Waals surface area contributed by atoms with Gasteiger partial charge < -0.3 is 4.98 Å². The Labute approximate surface area is 100.0 Å². The number of rotatable bonds is 1. The van der Waals surface area contributed by atoms with E-state index in [9.17, 15) is 0 Å². The summed E-state index contributed by atoms with van der Waals surface area (Å²) in [6, 6.07) is 4.13. The Morgan fingerprint density at radius 2 is 2.24 bits per heavy atom. The smallest absolute Gasteiger partial charge is 0.212 e. The van der Waals surface area contributed by atoms with Crippen LogP contribution in [0.5, 0.6) is 0 Å². The van der Waals surface area contributed by atoms with Gasteiger partial charge in [-0.3, -0.25) is 0 Å². The molecule has 4 heterocycles. The summed E-state index contributed by atoms with van der Waals surface area (Å²) in [5.41, 5.74) is 2.57. The topological polar surface area (TPSA) is 48.4 Å². The van der Waals surface area contributed by atoms with Gasteiger partial charge in [-0.15, -0.1) is 16.4 Å². The minimum Gasteiger partial charge on any atom is -0.361 e. The van der Waals surface area contributed by atoms with Crippen LogP contribution in [0.3, 0.4) is 0 Å². The highest BCUT2D eigenvalue weighted by molar-refractivity contribution is 7.13. The van der Waals surface area contributed by atoms with Gasteiger partial charge in [0.1, 0.15) is 5.65 Å². The summed E-state index contributed by atoms with van der Waals surface area (Å²) >= 11 is 1.71. The van der Waals surface area contributed by atoms with Gasteiger partial charge in [0.2, 0.25) is 6.20 Å². The molecule has 0 amide bonds. The van der Waals surface area contributed by atoms with Crippen molar-refractivity contribution in [1.82, 2.24) is 19.6 Å². The van der Waals surface area contributed by atoms with Gasteiger partial charge >= 0.3 is 0 Å². The van der Waals surface area contributed by atoms with Crippen molar-refractivity contribution in [3.8, 4) is 10.4 Å². The second-order valence-corrected chi connectivity index (χ2v) is 4.61. The van der Waals surface area contributed by atoms with E-state index < -0.39 is 0 Å². The first-order chi connectivity index (χ1) is 8.42. The van der Waals surface area contributed by atoms with Crippen molar-refractivity contribution >= 4 is 22.6 Å². The molecular formula is C11H7N5S. The fourth-order valence-electron chi connectivity index (χ4n) is 1.87. The molecule has 0 aliphatic heterocycles. The second kappa shape index (κ2) is 3.14. The van der Waals surface area contributed by atoms with Crippen LogP contribution in [-0.2, 0) is 0 Å². The van der Waals surface area contributed by atoms with Crippen molar-refractivity contribution < 1.29 is 4.63 Å². The summed E-state index contributed by atoms with van der Waals surface area (Å²) in [5.74, 6) is 0. The molecule has 0 aliphatic carbocycles. The Morgan fingerprint density at radius 3 is 3.12 bits per heavy atom. The van der Waals surface area contributed by atoms with Crippen LogP contribution in [0, 0.1) is 0 Å². The first-order valence-corrected chi connectivity index (χ1v) is 6.01. The average molecular weight is 241 g/mol. The maximum absolute atomic E-state index is 4.36. The molecule has 4 rings (SSSR count). The highest BCUT2D eigenvalue weighted by atomic mass is 32.1. The van der Waals surface area contributed by atoms with E-state index in [0.717, 1.165) is 11.2 Å². The predicted molar refractivity (Wildman–Crippen MR) is 62.8 cm³/mol. The number of hydrogen-bond acceptors (Lipinski definition) is 3. The Balaban J connectivity index is 2.05. The summed E-state index contributed by atoms with van der Waals surface area (Å²) in [6.07, 6.45) is 7.33. The molecule has 6 heteroatoms. The first kappa shape index (κ1) is 8.89. The van der Waals surface area contributed by atoms with E-state index in [1.54, 1.807) is 28.4 Å². The van der Waals surface area contributed by atoms with E-state index in [1.807, 2.05) is 23.0 Å². The first-order valence-electron chi connectivity index (χ1n) is 5.13. The lowest BCUT2D eigenvalue weighted by Gasteiger charge is -1.89. The number of nitrogens with zero attached hydrogens (tertiary/aromatic N) is 5. The molecule has 0 atom stereocenters. The van der Waals surface area contributed by atoms with Gasteiger partial charge in [-0.25, -0.2) is 4.98 Å². The number of hydrogen-bond donors (Lipinski definition) is 0. The molecule has 4 aromatic rings. The summed E-state index contributed by atoms with van der Waals surface area (Å²) in [6.45, 7) is 0. The monoisotopic (exact) mass is 241 g/mol. The zero-order valence-corrected chi connectivity index (χ0v) is 9.50.